The van der Waals surface area contributed by atoms with E-state index in [1.165, 1.54) is 0 Å². The molecule has 1 nitrogen and oxygen atoms in total. The zero-order valence-electron chi connectivity index (χ0n) is 6.98. The highest BCUT2D eigenvalue weighted by Crippen LogP contribution is 2.52. The molecule has 1 saturated carbocycles. The van der Waals surface area contributed by atoms with Gasteiger partial charge >= 0.3 is 0 Å². The first-order valence-electron chi connectivity index (χ1n) is 3.60. The summed E-state index contributed by atoms with van der Waals surface area (Å²) in [5.41, 5.74) is 5.17. The molecule has 0 aliphatic heterocycles. The molecule has 0 bridgehead atoms. The average molecular weight is 218 g/mol. The van der Waals surface area contributed by atoms with Crippen molar-refractivity contribution in [1.29, 1.82) is 0 Å². The van der Waals surface area contributed by atoms with Crippen LogP contribution in [0.4, 0.5) is 8.78 Å². The summed E-state index contributed by atoms with van der Waals surface area (Å²) in [4.78, 5) is 0. The van der Waals surface area contributed by atoms with Crippen LogP contribution >= 0.6 is 24.2 Å². The SMILES string of the molecule is CSCC1(CN)CC(F)(F)C1.Cl. The van der Waals surface area contributed by atoms with Crippen molar-refractivity contribution in [3.63, 3.8) is 0 Å². The molecule has 2 N–H and O–H groups in total. The quantitative estimate of drug-likeness (QED) is 0.784. The molecule has 0 amide bonds. The lowest BCUT2D eigenvalue weighted by molar-refractivity contribution is -0.147. The van der Waals surface area contributed by atoms with Crippen LogP contribution in [0.5, 0.6) is 0 Å². The van der Waals surface area contributed by atoms with Crippen LogP contribution in [0.25, 0.3) is 0 Å². The van der Waals surface area contributed by atoms with Gasteiger partial charge in [-0.25, -0.2) is 8.78 Å². The van der Waals surface area contributed by atoms with Gasteiger partial charge in [0.15, 0.2) is 0 Å². The summed E-state index contributed by atoms with van der Waals surface area (Å²) in [5.74, 6) is -1.67. The second kappa shape index (κ2) is 4.11. The van der Waals surface area contributed by atoms with Gasteiger partial charge in [0.2, 0.25) is 5.92 Å². The Morgan fingerprint density at radius 3 is 2.17 bits per heavy atom. The molecule has 1 aliphatic carbocycles. The second-order valence-electron chi connectivity index (χ2n) is 3.35. The van der Waals surface area contributed by atoms with Gasteiger partial charge in [-0.2, -0.15) is 11.8 Å². The van der Waals surface area contributed by atoms with Crippen molar-refractivity contribution in [3.8, 4) is 0 Å². The summed E-state index contributed by atoms with van der Waals surface area (Å²) in [6, 6.07) is 0. The predicted molar refractivity (Wildman–Crippen MR) is 51.3 cm³/mol. The zero-order valence-corrected chi connectivity index (χ0v) is 8.61. The zero-order chi connectivity index (χ0) is 8.54. The monoisotopic (exact) mass is 217 g/mol. The van der Waals surface area contributed by atoms with E-state index in [-0.39, 0.29) is 30.7 Å². The van der Waals surface area contributed by atoms with Crippen LogP contribution in [0.3, 0.4) is 0 Å². The van der Waals surface area contributed by atoms with E-state index < -0.39 is 5.92 Å². The molecule has 5 heteroatoms. The Balaban J connectivity index is 0.00000121. The van der Waals surface area contributed by atoms with Crippen molar-refractivity contribution < 1.29 is 8.78 Å². The summed E-state index contributed by atoms with van der Waals surface area (Å²) in [5, 5.41) is 0. The molecule has 1 fully saturated rings. The van der Waals surface area contributed by atoms with E-state index in [1.807, 2.05) is 6.26 Å². The molecule has 0 aromatic rings. The highest BCUT2D eigenvalue weighted by Gasteiger charge is 2.55. The van der Waals surface area contributed by atoms with E-state index in [1.54, 1.807) is 11.8 Å². The van der Waals surface area contributed by atoms with E-state index >= 15 is 0 Å². The maximum absolute atomic E-state index is 12.5. The first kappa shape index (κ1) is 12.5. The maximum Gasteiger partial charge on any atom is 0.249 e. The van der Waals surface area contributed by atoms with Crippen LogP contribution in [0.15, 0.2) is 0 Å². The molecule has 0 aromatic heterocycles. The normalized spacial score (nSPS) is 24.0. The number of nitrogens with two attached hydrogens (primary N) is 1. The van der Waals surface area contributed by atoms with Crippen molar-refractivity contribution >= 4 is 24.2 Å². The van der Waals surface area contributed by atoms with Crippen molar-refractivity contribution in [2.45, 2.75) is 18.8 Å². The minimum Gasteiger partial charge on any atom is -0.330 e. The summed E-state index contributed by atoms with van der Waals surface area (Å²) >= 11 is 1.60. The molecule has 0 aromatic carbocycles. The van der Waals surface area contributed by atoms with Crippen LogP contribution in [-0.2, 0) is 0 Å². The summed E-state index contributed by atoms with van der Waals surface area (Å²) in [6.07, 6.45) is 1.89. The Morgan fingerprint density at radius 2 is 1.92 bits per heavy atom. The molecule has 0 saturated heterocycles. The molecule has 1 aliphatic rings. The topological polar surface area (TPSA) is 26.0 Å². The third kappa shape index (κ3) is 2.47. The van der Waals surface area contributed by atoms with Gasteiger partial charge in [0, 0.05) is 24.0 Å². The molecule has 0 spiro atoms. The van der Waals surface area contributed by atoms with Gasteiger partial charge in [-0.1, -0.05) is 0 Å². The van der Waals surface area contributed by atoms with Crippen molar-refractivity contribution in [3.05, 3.63) is 0 Å². The first-order chi connectivity index (χ1) is 5.04. The second-order valence-corrected chi connectivity index (χ2v) is 4.21. The molecule has 12 heavy (non-hydrogen) atoms. The molecular weight excluding hydrogens is 204 g/mol. The largest absolute Gasteiger partial charge is 0.330 e. The van der Waals surface area contributed by atoms with E-state index in [9.17, 15) is 8.78 Å². The molecule has 0 atom stereocenters. The fourth-order valence-electron chi connectivity index (χ4n) is 1.66. The predicted octanol–water partition coefficient (Wildman–Crippen LogP) is 2.15. The number of hydrogen-bond donors (Lipinski definition) is 1. The minimum atomic E-state index is -2.44. The molecular formula is C7H14ClF2NS. The van der Waals surface area contributed by atoms with E-state index in [0.29, 0.717) is 6.54 Å². The highest BCUT2D eigenvalue weighted by molar-refractivity contribution is 7.98. The molecule has 0 unspecified atom stereocenters. The van der Waals surface area contributed by atoms with Gasteiger partial charge in [-0.15, -0.1) is 12.4 Å². The van der Waals surface area contributed by atoms with Crippen LogP contribution in [0, 0.1) is 5.41 Å². The maximum atomic E-state index is 12.5. The van der Waals surface area contributed by atoms with Gasteiger partial charge < -0.3 is 5.73 Å². The van der Waals surface area contributed by atoms with E-state index in [0.717, 1.165) is 5.75 Å². The summed E-state index contributed by atoms with van der Waals surface area (Å²) in [7, 11) is 0. The van der Waals surface area contributed by atoms with Crippen LogP contribution in [-0.4, -0.2) is 24.5 Å². The Labute approximate surface area is 81.9 Å². The van der Waals surface area contributed by atoms with E-state index in [4.69, 9.17) is 5.73 Å². The summed E-state index contributed by atoms with van der Waals surface area (Å²) < 4.78 is 25.0. The summed E-state index contributed by atoms with van der Waals surface area (Å²) in [6.45, 7) is 0.392. The fraction of sp³-hybridized carbons (Fsp3) is 1.00. The highest BCUT2D eigenvalue weighted by atomic mass is 35.5. The number of hydrogen-bond acceptors (Lipinski definition) is 2. The van der Waals surface area contributed by atoms with Gasteiger partial charge in [0.05, 0.1) is 0 Å². The third-order valence-electron chi connectivity index (χ3n) is 2.15. The van der Waals surface area contributed by atoms with Gasteiger partial charge in [0.25, 0.3) is 0 Å². The lowest BCUT2D eigenvalue weighted by atomic mass is 9.67. The van der Waals surface area contributed by atoms with Crippen LogP contribution < -0.4 is 5.73 Å². The smallest absolute Gasteiger partial charge is 0.249 e. The standard InChI is InChI=1S/C7H13F2NS.ClH/c1-11-5-6(4-10)2-7(8,9)3-6;/h2-5,10H2,1H3;1H. The molecule has 0 heterocycles. The Hall–Kier alpha value is 0.460. The van der Waals surface area contributed by atoms with Gasteiger partial charge in [-0.05, 0) is 12.8 Å². The lowest BCUT2D eigenvalue weighted by Crippen LogP contribution is -2.51. The number of rotatable bonds is 3. The molecule has 1 rings (SSSR count). The van der Waals surface area contributed by atoms with Crippen molar-refractivity contribution in [2.24, 2.45) is 11.1 Å². The van der Waals surface area contributed by atoms with Crippen molar-refractivity contribution in [1.82, 2.24) is 0 Å². The van der Waals surface area contributed by atoms with Crippen LogP contribution in [0.2, 0.25) is 0 Å². The fourth-order valence-corrected chi connectivity index (χ4v) is 2.59. The Bertz CT molecular complexity index is 146. The Morgan fingerprint density at radius 1 is 1.42 bits per heavy atom. The van der Waals surface area contributed by atoms with Gasteiger partial charge in [0.1, 0.15) is 0 Å². The van der Waals surface area contributed by atoms with Crippen LogP contribution in [0.1, 0.15) is 12.8 Å². The lowest BCUT2D eigenvalue weighted by Gasteiger charge is -2.46. The molecule has 74 valence electrons. The van der Waals surface area contributed by atoms with E-state index in [2.05, 4.69) is 0 Å². The first-order valence-corrected chi connectivity index (χ1v) is 5.00. The number of halogens is 3. The average Bonchev–Trinajstić information content (AvgIpc) is 1.84. The minimum absolute atomic E-state index is 0. The third-order valence-corrected chi connectivity index (χ3v) is 3.05. The molecule has 0 radical (unpaired) electrons. The Kier molecular flexibility index (Phi) is 4.27. The number of alkyl halides is 2. The van der Waals surface area contributed by atoms with Gasteiger partial charge in [-0.3, -0.25) is 0 Å². The van der Waals surface area contributed by atoms with Crippen molar-refractivity contribution in [2.75, 3.05) is 18.6 Å². The number of thioether (sulfide) groups is 1.